The molecule has 0 spiro atoms. The maximum Gasteiger partial charge on any atom is 0.306 e. The predicted molar refractivity (Wildman–Crippen MR) is 124 cm³/mol. The van der Waals surface area contributed by atoms with E-state index in [2.05, 4.69) is 26.0 Å². The molecule has 0 fully saturated rings. The maximum atomic E-state index is 11.4. The van der Waals surface area contributed by atoms with Gasteiger partial charge in [0.25, 0.3) is 0 Å². The van der Waals surface area contributed by atoms with Crippen LogP contribution in [0.15, 0.2) is 12.2 Å². The number of unbranched alkanes of at least 4 members (excludes halogenated alkanes) is 15. The van der Waals surface area contributed by atoms with Crippen molar-refractivity contribution in [2.45, 2.75) is 142 Å². The molecule has 1 atom stereocenters. The summed E-state index contributed by atoms with van der Waals surface area (Å²) in [5.74, 6) is -0.686. The van der Waals surface area contributed by atoms with Crippen molar-refractivity contribution in [2.24, 2.45) is 5.92 Å². The van der Waals surface area contributed by atoms with Crippen LogP contribution >= 0.6 is 0 Å². The van der Waals surface area contributed by atoms with Crippen LogP contribution in [-0.4, -0.2) is 11.1 Å². The average molecular weight is 395 g/mol. The van der Waals surface area contributed by atoms with Gasteiger partial charge in [0, 0.05) is 0 Å². The predicted octanol–water partition coefficient (Wildman–Crippen LogP) is 9.09. The lowest BCUT2D eigenvalue weighted by Gasteiger charge is -2.12. The molecule has 0 bridgehead atoms. The highest BCUT2D eigenvalue weighted by atomic mass is 16.4. The second-order valence-corrected chi connectivity index (χ2v) is 8.61. The molecule has 1 unspecified atom stereocenters. The van der Waals surface area contributed by atoms with Gasteiger partial charge >= 0.3 is 5.97 Å². The van der Waals surface area contributed by atoms with E-state index in [4.69, 9.17) is 0 Å². The van der Waals surface area contributed by atoms with E-state index in [0.29, 0.717) is 0 Å². The smallest absolute Gasteiger partial charge is 0.306 e. The maximum absolute atomic E-state index is 11.4. The number of hydrogen-bond donors (Lipinski definition) is 1. The summed E-state index contributed by atoms with van der Waals surface area (Å²) in [6.07, 6.45) is 29.4. The first-order valence-corrected chi connectivity index (χ1v) is 12.6. The summed E-state index contributed by atoms with van der Waals surface area (Å²) < 4.78 is 0. The Balaban J connectivity index is 3.47. The number of carboxylic acids is 1. The van der Waals surface area contributed by atoms with Crippen molar-refractivity contribution < 1.29 is 9.90 Å². The summed E-state index contributed by atoms with van der Waals surface area (Å²) in [6, 6.07) is 0. The molecule has 0 aromatic rings. The van der Waals surface area contributed by atoms with E-state index in [1.165, 1.54) is 103 Å². The average Bonchev–Trinajstić information content (AvgIpc) is 2.68. The summed E-state index contributed by atoms with van der Waals surface area (Å²) in [5, 5.41) is 9.41. The quantitative estimate of drug-likeness (QED) is 0.147. The molecule has 0 aliphatic heterocycles. The van der Waals surface area contributed by atoms with Crippen LogP contribution < -0.4 is 0 Å². The zero-order valence-corrected chi connectivity index (χ0v) is 19.2. The molecule has 0 heterocycles. The first kappa shape index (κ1) is 27.2. The van der Waals surface area contributed by atoms with Gasteiger partial charge in [0.1, 0.15) is 0 Å². The second kappa shape index (κ2) is 22.5. The standard InChI is InChI=1S/C26H50O2/c1-3-5-7-9-11-12-13-14-15-16-17-18-20-22-24-25(26(27)28)23-21-19-10-8-6-4-2/h14-15,25H,3-13,16-24H2,1-2H3,(H,27,28)/b15-14-. The van der Waals surface area contributed by atoms with E-state index in [9.17, 15) is 9.90 Å². The van der Waals surface area contributed by atoms with Gasteiger partial charge in [-0.3, -0.25) is 4.79 Å². The van der Waals surface area contributed by atoms with Crippen molar-refractivity contribution in [3.63, 3.8) is 0 Å². The highest BCUT2D eigenvalue weighted by Gasteiger charge is 2.16. The molecule has 0 saturated heterocycles. The van der Waals surface area contributed by atoms with Gasteiger partial charge in [-0.05, 0) is 38.5 Å². The van der Waals surface area contributed by atoms with E-state index in [1.54, 1.807) is 0 Å². The summed E-state index contributed by atoms with van der Waals surface area (Å²) >= 11 is 0. The molecule has 28 heavy (non-hydrogen) atoms. The molecule has 0 radical (unpaired) electrons. The minimum atomic E-state index is -0.578. The van der Waals surface area contributed by atoms with Crippen molar-refractivity contribution in [3.05, 3.63) is 12.2 Å². The van der Waals surface area contributed by atoms with Crippen LogP contribution in [0.3, 0.4) is 0 Å². The number of aliphatic carboxylic acids is 1. The molecular weight excluding hydrogens is 344 g/mol. The first-order valence-electron chi connectivity index (χ1n) is 12.6. The van der Waals surface area contributed by atoms with Crippen molar-refractivity contribution in [1.82, 2.24) is 0 Å². The molecule has 0 aromatic carbocycles. The normalized spacial score (nSPS) is 12.6. The van der Waals surface area contributed by atoms with Gasteiger partial charge in [-0.15, -0.1) is 0 Å². The molecule has 0 aromatic heterocycles. The molecule has 0 rings (SSSR count). The fourth-order valence-electron chi connectivity index (χ4n) is 3.85. The Morgan fingerprint density at radius 3 is 1.36 bits per heavy atom. The van der Waals surface area contributed by atoms with Gasteiger partial charge in [-0.2, -0.15) is 0 Å². The Bertz CT molecular complexity index is 348. The van der Waals surface area contributed by atoms with Crippen LogP contribution in [0, 0.1) is 5.92 Å². The topological polar surface area (TPSA) is 37.3 Å². The highest BCUT2D eigenvalue weighted by molar-refractivity contribution is 5.69. The molecule has 166 valence electrons. The fourth-order valence-corrected chi connectivity index (χ4v) is 3.85. The first-order chi connectivity index (χ1) is 13.7. The lowest BCUT2D eigenvalue weighted by Crippen LogP contribution is -2.13. The number of allylic oxidation sites excluding steroid dienone is 2. The van der Waals surface area contributed by atoms with Crippen molar-refractivity contribution in [2.75, 3.05) is 0 Å². The van der Waals surface area contributed by atoms with E-state index in [0.717, 1.165) is 25.7 Å². The number of carbonyl (C=O) groups is 1. The zero-order chi connectivity index (χ0) is 20.7. The Hall–Kier alpha value is -0.790. The van der Waals surface area contributed by atoms with E-state index in [1.807, 2.05) is 0 Å². The van der Waals surface area contributed by atoms with Crippen molar-refractivity contribution in [3.8, 4) is 0 Å². The summed E-state index contributed by atoms with van der Waals surface area (Å²) in [7, 11) is 0. The third-order valence-electron chi connectivity index (χ3n) is 5.82. The van der Waals surface area contributed by atoms with Crippen molar-refractivity contribution in [1.29, 1.82) is 0 Å². The summed E-state index contributed by atoms with van der Waals surface area (Å²) in [5.41, 5.74) is 0. The van der Waals surface area contributed by atoms with Crippen LogP contribution in [0.4, 0.5) is 0 Å². The van der Waals surface area contributed by atoms with Gasteiger partial charge in [0.2, 0.25) is 0 Å². The van der Waals surface area contributed by atoms with E-state index in [-0.39, 0.29) is 5.92 Å². The van der Waals surface area contributed by atoms with Crippen LogP contribution in [0.25, 0.3) is 0 Å². The Morgan fingerprint density at radius 1 is 0.607 bits per heavy atom. The lowest BCUT2D eigenvalue weighted by atomic mass is 9.94. The third kappa shape index (κ3) is 20.0. The second-order valence-electron chi connectivity index (χ2n) is 8.61. The molecule has 1 N–H and O–H groups in total. The van der Waals surface area contributed by atoms with E-state index >= 15 is 0 Å². The Labute approximate surface area is 176 Å². The van der Waals surface area contributed by atoms with Gasteiger partial charge < -0.3 is 5.11 Å². The number of hydrogen-bond acceptors (Lipinski definition) is 1. The molecule has 0 amide bonds. The minimum Gasteiger partial charge on any atom is -0.481 e. The minimum absolute atomic E-state index is 0.108. The molecule has 0 saturated carbocycles. The largest absolute Gasteiger partial charge is 0.481 e. The fraction of sp³-hybridized carbons (Fsp3) is 0.885. The van der Waals surface area contributed by atoms with E-state index < -0.39 is 5.97 Å². The third-order valence-corrected chi connectivity index (χ3v) is 5.82. The van der Waals surface area contributed by atoms with Gasteiger partial charge in [-0.1, -0.05) is 116 Å². The lowest BCUT2D eigenvalue weighted by molar-refractivity contribution is -0.142. The molecule has 2 heteroatoms. The Kier molecular flexibility index (Phi) is 21.9. The van der Waals surface area contributed by atoms with Crippen LogP contribution in [0.1, 0.15) is 142 Å². The Morgan fingerprint density at radius 2 is 0.964 bits per heavy atom. The van der Waals surface area contributed by atoms with Crippen LogP contribution in [-0.2, 0) is 4.79 Å². The molecule has 0 aliphatic rings. The summed E-state index contributed by atoms with van der Waals surface area (Å²) in [6.45, 7) is 4.50. The summed E-state index contributed by atoms with van der Waals surface area (Å²) in [4.78, 5) is 11.4. The SMILES string of the molecule is CCCCCCCC/C=C\CCCCCCC(CCCCCCCC)C(=O)O. The highest BCUT2D eigenvalue weighted by Crippen LogP contribution is 2.19. The molecule has 2 nitrogen and oxygen atoms in total. The van der Waals surface area contributed by atoms with Gasteiger partial charge in [0.05, 0.1) is 5.92 Å². The molecular formula is C26H50O2. The van der Waals surface area contributed by atoms with Crippen molar-refractivity contribution >= 4 is 5.97 Å². The van der Waals surface area contributed by atoms with Crippen LogP contribution in [0.5, 0.6) is 0 Å². The van der Waals surface area contributed by atoms with Crippen LogP contribution in [0.2, 0.25) is 0 Å². The van der Waals surface area contributed by atoms with Gasteiger partial charge in [0.15, 0.2) is 0 Å². The molecule has 0 aliphatic carbocycles. The zero-order valence-electron chi connectivity index (χ0n) is 19.2. The number of carboxylic acid groups (broad SMARTS) is 1. The van der Waals surface area contributed by atoms with Gasteiger partial charge in [-0.25, -0.2) is 0 Å². The monoisotopic (exact) mass is 394 g/mol. The number of rotatable bonds is 22.